The van der Waals surface area contributed by atoms with Crippen molar-refractivity contribution in [2.45, 2.75) is 31.8 Å². The van der Waals surface area contributed by atoms with Gasteiger partial charge in [0.05, 0.1) is 22.2 Å². The number of aromatic nitrogens is 4. The third kappa shape index (κ3) is 4.69. The van der Waals surface area contributed by atoms with E-state index < -0.39 is 23.6 Å². The molecular weight excluding hydrogens is 474 g/mol. The second-order valence-corrected chi connectivity index (χ2v) is 10.1. The number of esters is 1. The topological polar surface area (TPSA) is 145 Å². The van der Waals surface area contributed by atoms with Gasteiger partial charge in [0.1, 0.15) is 34.2 Å². The van der Waals surface area contributed by atoms with Crippen LogP contribution < -0.4 is 5.56 Å². The quantitative estimate of drug-likeness (QED) is 0.197. The second kappa shape index (κ2) is 9.70. The molecule has 3 heterocycles. The number of hydrogen-bond donors (Lipinski definition) is 3. The maximum atomic E-state index is 12.4. The maximum absolute atomic E-state index is 12.4. The summed E-state index contributed by atoms with van der Waals surface area (Å²) in [5.41, 5.74) is 2.01. The van der Waals surface area contributed by atoms with Crippen molar-refractivity contribution in [1.82, 2.24) is 19.9 Å². The van der Waals surface area contributed by atoms with Crippen molar-refractivity contribution in [3.8, 4) is 6.07 Å². The summed E-state index contributed by atoms with van der Waals surface area (Å²) in [6.45, 7) is 5.05. The van der Waals surface area contributed by atoms with Crippen LogP contribution in [0.15, 0.2) is 34.8 Å². The number of nitrogens with one attached hydrogen (secondary N) is 2. The van der Waals surface area contributed by atoms with Crippen molar-refractivity contribution in [3.63, 3.8) is 0 Å². The van der Waals surface area contributed by atoms with Gasteiger partial charge >= 0.3 is 5.97 Å². The zero-order chi connectivity index (χ0) is 24.4. The lowest BCUT2D eigenvalue weighted by Crippen LogP contribution is -2.19. The Bertz CT molecular complexity index is 1490. The number of imidazole rings is 1. The van der Waals surface area contributed by atoms with E-state index in [1.165, 1.54) is 23.1 Å². The average molecular weight is 496 g/mol. The van der Waals surface area contributed by atoms with Gasteiger partial charge in [-0.05, 0) is 38.5 Å². The molecule has 4 rings (SSSR count). The second-order valence-electron chi connectivity index (χ2n) is 7.57. The summed E-state index contributed by atoms with van der Waals surface area (Å²) in [6, 6.07) is 9.12. The van der Waals surface area contributed by atoms with Gasteiger partial charge in [-0.15, -0.1) is 23.1 Å². The molecule has 1 unspecified atom stereocenters. The van der Waals surface area contributed by atoms with Gasteiger partial charge in [0.2, 0.25) is 0 Å². The first-order chi connectivity index (χ1) is 16.3. The van der Waals surface area contributed by atoms with E-state index in [4.69, 9.17) is 4.74 Å². The lowest BCUT2D eigenvalue weighted by Gasteiger charge is -2.11. The summed E-state index contributed by atoms with van der Waals surface area (Å²) in [5.74, 6) is 0.0189. The number of carbonyl (C=O) groups is 1. The Labute approximate surface area is 202 Å². The first-order valence-electron chi connectivity index (χ1n) is 10.3. The number of benzene rings is 1. The molecule has 0 aliphatic heterocycles. The Morgan fingerprint density at radius 2 is 2.06 bits per heavy atom. The van der Waals surface area contributed by atoms with Crippen LogP contribution in [0.5, 0.6) is 0 Å². The molecule has 0 saturated heterocycles. The van der Waals surface area contributed by atoms with Gasteiger partial charge in [-0.3, -0.25) is 9.59 Å². The standard InChI is InChI=1S/C23H21N5O4S2/c1-11-12(2)34-22-19(11)21(30)27-18(28-22)10-33-13(3)23(31)32-9-17(29)14(8-24)20-25-15-6-4-5-7-16(15)26-20/h4-7,13,29H,9-10H2,1-3H3,(H,25,26)(H,27,28,30)/b17-14-. The summed E-state index contributed by atoms with van der Waals surface area (Å²) < 4.78 is 5.19. The highest BCUT2D eigenvalue weighted by molar-refractivity contribution is 7.99. The average Bonchev–Trinajstić information content (AvgIpc) is 3.36. The van der Waals surface area contributed by atoms with Crippen LogP contribution in [0.3, 0.4) is 0 Å². The fourth-order valence-electron chi connectivity index (χ4n) is 3.29. The molecule has 1 aromatic carbocycles. The van der Waals surface area contributed by atoms with Crippen LogP contribution in [-0.4, -0.2) is 42.9 Å². The number of rotatable bonds is 7. The summed E-state index contributed by atoms with van der Waals surface area (Å²) in [6.07, 6.45) is 0. The molecule has 0 spiro atoms. The number of ether oxygens (including phenoxy) is 1. The smallest absolute Gasteiger partial charge is 0.319 e. The fourth-order valence-corrected chi connectivity index (χ4v) is 5.09. The van der Waals surface area contributed by atoms with E-state index in [1.807, 2.05) is 32.0 Å². The molecule has 0 amide bonds. The van der Waals surface area contributed by atoms with E-state index >= 15 is 0 Å². The Balaban J connectivity index is 1.39. The molecule has 1 atom stereocenters. The van der Waals surface area contributed by atoms with Crippen LogP contribution >= 0.6 is 23.1 Å². The first kappa shape index (κ1) is 23.5. The number of H-pyrrole nitrogens is 2. The van der Waals surface area contributed by atoms with Crippen molar-refractivity contribution in [3.05, 3.63) is 62.5 Å². The highest BCUT2D eigenvalue weighted by Gasteiger charge is 2.20. The minimum Gasteiger partial charge on any atom is -0.507 e. The zero-order valence-electron chi connectivity index (χ0n) is 18.6. The van der Waals surface area contributed by atoms with Gasteiger partial charge in [0, 0.05) is 4.88 Å². The Morgan fingerprint density at radius 3 is 2.79 bits per heavy atom. The van der Waals surface area contributed by atoms with Crippen molar-refractivity contribution in [1.29, 1.82) is 5.26 Å². The van der Waals surface area contributed by atoms with Crippen LogP contribution in [0.2, 0.25) is 0 Å². The number of carbonyl (C=O) groups excluding carboxylic acids is 1. The number of aromatic amines is 2. The number of hydrogen-bond acceptors (Lipinski definition) is 9. The molecule has 4 aromatic rings. The summed E-state index contributed by atoms with van der Waals surface area (Å²) in [5, 5.41) is 19.8. The first-order valence-corrected chi connectivity index (χ1v) is 12.2. The number of thioether (sulfide) groups is 1. The molecule has 0 fully saturated rings. The third-order valence-electron chi connectivity index (χ3n) is 5.27. The van der Waals surface area contributed by atoms with Crippen LogP contribution in [0.4, 0.5) is 0 Å². The fraction of sp³-hybridized carbons (Fsp3) is 0.261. The van der Waals surface area contributed by atoms with E-state index in [0.717, 1.165) is 16.0 Å². The number of fused-ring (bicyclic) bond motifs is 2. The Kier molecular flexibility index (Phi) is 6.72. The molecule has 174 valence electrons. The predicted molar refractivity (Wildman–Crippen MR) is 133 cm³/mol. The van der Waals surface area contributed by atoms with Crippen LogP contribution in [0.1, 0.15) is 29.0 Å². The lowest BCUT2D eigenvalue weighted by atomic mass is 10.2. The zero-order valence-corrected chi connectivity index (χ0v) is 20.3. The van der Waals surface area contributed by atoms with Crippen LogP contribution in [0.25, 0.3) is 26.8 Å². The molecule has 3 aromatic heterocycles. The summed E-state index contributed by atoms with van der Waals surface area (Å²) >= 11 is 2.71. The van der Waals surface area contributed by atoms with Crippen LogP contribution in [0, 0.1) is 25.2 Å². The molecule has 0 radical (unpaired) electrons. The Hall–Kier alpha value is -3.62. The normalized spacial score (nSPS) is 13.0. The summed E-state index contributed by atoms with van der Waals surface area (Å²) in [7, 11) is 0. The van der Waals surface area contributed by atoms with Gasteiger partial charge in [-0.25, -0.2) is 9.97 Å². The highest BCUT2D eigenvalue weighted by atomic mass is 32.2. The van der Waals surface area contributed by atoms with E-state index in [1.54, 1.807) is 19.1 Å². The number of aliphatic hydroxyl groups is 1. The van der Waals surface area contributed by atoms with Crippen LogP contribution in [-0.2, 0) is 15.3 Å². The minimum atomic E-state index is -0.586. The van der Waals surface area contributed by atoms with Gasteiger partial charge < -0.3 is 19.8 Å². The summed E-state index contributed by atoms with van der Waals surface area (Å²) in [4.78, 5) is 41.1. The monoisotopic (exact) mass is 495 g/mol. The Morgan fingerprint density at radius 1 is 1.29 bits per heavy atom. The minimum absolute atomic E-state index is 0.0964. The van der Waals surface area contributed by atoms with E-state index in [9.17, 15) is 20.0 Å². The molecule has 34 heavy (non-hydrogen) atoms. The molecule has 3 N–H and O–H groups in total. The molecule has 0 aliphatic rings. The lowest BCUT2D eigenvalue weighted by molar-refractivity contribution is -0.142. The number of nitrogens with zero attached hydrogens (tertiary/aromatic N) is 3. The number of para-hydroxylation sites is 2. The number of thiophene rings is 1. The highest BCUT2D eigenvalue weighted by Crippen LogP contribution is 2.27. The van der Waals surface area contributed by atoms with Gasteiger partial charge in [-0.1, -0.05) is 12.1 Å². The van der Waals surface area contributed by atoms with Crippen molar-refractivity contribution >= 4 is 55.9 Å². The largest absolute Gasteiger partial charge is 0.507 e. The molecule has 9 nitrogen and oxygen atoms in total. The van der Waals surface area contributed by atoms with Gasteiger partial charge in [-0.2, -0.15) is 5.26 Å². The molecular formula is C23H21N5O4S2. The van der Waals surface area contributed by atoms with Crippen molar-refractivity contribution < 1.29 is 14.6 Å². The van der Waals surface area contributed by atoms with Gasteiger partial charge in [0.25, 0.3) is 5.56 Å². The van der Waals surface area contributed by atoms with Crippen molar-refractivity contribution in [2.24, 2.45) is 0 Å². The maximum Gasteiger partial charge on any atom is 0.319 e. The van der Waals surface area contributed by atoms with Crippen molar-refractivity contribution in [2.75, 3.05) is 6.61 Å². The molecule has 0 saturated carbocycles. The molecule has 0 bridgehead atoms. The molecule has 0 aliphatic carbocycles. The van der Waals surface area contributed by atoms with E-state index in [2.05, 4.69) is 19.9 Å². The van der Waals surface area contributed by atoms with E-state index in [-0.39, 0.29) is 17.0 Å². The number of allylic oxidation sites excluding steroid dienone is 1. The van der Waals surface area contributed by atoms with Gasteiger partial charge in [0.15, 0.2) is 11.6 Å². The molecule has 11 heteroatoms. The predicted octanol–water partition coefficient (Wildman–Crippen LogP) is 4.14. The number of nitriles is 1. The third-order valence-corrected chi connectivity index (χ3v) is 7.50. The number of aliphatic hydroxyl groups excluding tert-OH is 1. The number of aryl methyl sites for hydroxylation is 2. The van der Waals surface area contributed by atoms with E-state index in [0.29, 0.717) is 27.3 Å². The SMILES string of the molecule is Cc1sc2nc(CSC(C)C(=O)OC/C(O)=C(\C#N)c3nc4ccccc4[nH]3)[nH]c(=O)c2c1C.